The fourth-order valence-electron chi connectivity index (χ4n) is 0.812. The summed E-state index contributed by atoms with van der Waals surface area (Å²) in [5.74, 6) is -0.251. The Bertz CT molecular complexity index is 271. The first-order chi connectivity index (χ1) is 5.15. The van der Waals surface area contributed by atoms with Crippen molar-refractivity contribution in [2.75, 3.05) is 7.11 Å². The second kappa shape index (κ2) is 2.78. The molecule has 0 aliphatic rings. The van der Waals surface area contributed by atoms with Crippen molar-refractivity contribution in [1.82, 2.24) is 0 Å². The molecule has 11 heavy (non-hydrogen) atoms. The molecule has 0 radical (unpaired) electrons. The fourth-order valence-corrected chi connectivity index (χ4v) is 0.812. The molecule has 0 atom stereocenters. The van der Waals surface area contributed by atoms with Crippen LogP contribution in [0.1, 0.15) is 5.56 Å². The molecule has 3 heteroatoms. The summed E-state index contributed by atoms with van der Waals surface area (Å²) < 4.78 is 17.4. The van der Waals surface area contributed by atoms with E-state index < -0.39 is 0 Å². The second-order valence-electron chi connectivity index (χ2n) is 2.27. The van der Waals surface area contributed by atoms with Crippen LogP contribution in [0.4, 0.5) is 4.39 Å². The van der Waals surface area contributed by atoms with Crippen molar-refractivity contribution >= 4 is 0 Å². The highest BCUT2D eigenvalue weighted by Gasteiger charge is 2.05. The van der Waals surface area contributed by atoms with Gasteiger partial charge in [0.25, 0.3) is 0 Å². The Morgan fingerprint density at radius 3 is 2.64 bits per heavy atom. The largest absolute Gasteiger partial charge is 0.504 e. The van der Waals surface area contributed by atoms with E-state index in [1.165, 1.54) is 13.2 Å². The van der Waals surface area contributed by atoms with Crippen molar-refractivity contribution < 1.29 is 14.2 Å². The van der Waals surface area contributed by atoms with Gasteiger partial charge in [-0.3, -0.25) is 0 Å². The van der Waals surface area contributed by atoms with Gasteiger partial charge in [0.15, 0.2) is 11.5 Å². The van der Waals surface area contributed by atoms with Crippen LogP contribution in [-0.4, -0.2) is 12.2 Å². The van der Waals surface area contributed by atoms with Crippen molar-refractivity contribution in [3.05, 3.63) is 23.5 Å². The topological polar surface area (TPSA) is 29.5 Å². The Morgan fingerprint density at radius 1 is 1.45 bits per heavy atom. The van der Waals surface area contributed by atoms with Gasteiger partial charge in [0.05, 0.1) is 7.11 Å². The Kier molecular flexibility index (Phi) is 1.98. The molecular formula is C8H9FO2. The third-order valence-electron chi connectivity index (χ3n) is 1.46. The number of hydrogen-bond acceptors (Lipinski definition) is 2. The SMILES string of the molecule is COc1cc(F)c(C)cc1O. The normalized spacial score (nSPS) is 9.73. The van der Waals surface area contributed by atoms with Crippen LogP contribution >= 0.6 is 0 Å². The minimum Gasteiger partial charge on any atom is -0.504 e. The number of halogens is 1. The van der Waals surface area contributed by atoms with E-state index in [0.29, 0.717) is 5.56 Å². The van der Waals surface area contributed by atoms with Crippen LogP contribution in [0, 0.1) is 12.7 Å². The van der Waals surface area contributed by atoms with E-state index in [1.54, 1.807) is 6.92 Å². The van der Waals surface area contributed by atoms with Crippen LogP contribution in [0.5, 0.6) is 11.5 Å². The average molecular weight is 156 g/mol. The maximum Gasteiger partial charge on any atom is 0.163 e. The molecule has 60 valence electrons. The number of aryl methyl sites for hydroxylation is 1. The highest BCUT2D eigenvalue weighted by molar-refractivity contribution is 5.41. The van der Waals surface area contributed by atoms with Gasteiger partial charge in [0.1, 0.15) is 5.82 Å². The number of ether oxygens (including phenoxy) is 1. The Balaban J connectivity index is 3.21. The van der Waals surface area contributed by atoms with Gasteiger partial charge in [-0.1, -0.05) is 0 Å². The summed E-state index contributed by atoms with van der Waals surface area (Å²) in [6.45, 7) is 1.58. The molecule has 0 spiro atoms. The molecule has 0 fully saturated rings. The summed E-state index contributed by atoms with van der Waals surface area (Å²) in [6, 6.07) is 2.48. The van der Waals surface area contributed by atoms with Crippen molar-refractivity contribution in [3.8, 4) is 11.5 Å². The predicted octanol–water partition coefficient (Wildman–Crippen LogP) is 1.85. The molecular weight excluding hydrogens is 147 g/mol. The van der Waals surface area contributed by atoms with Gasteiger partial charge in [0.2, 0.25) is 0 Å². The molecule has 0 aliphatic heterocycles. The van der Waals surface area contributed by atoms with E-state index in [-0.39, 0.29) is 17.3 Å². The Morgan fingerprint density at radius 2 is 2.09 bits per heavy atom. The lowest BCUT2D eigenvalue weighted by molar-refractivity contribution is 0.369. The summed E-state index contributed by atoms with van der Waals surface area (Å²) >= 11 is 0. The van der Waals surface area contributed by atoms with E-state index >= 15 is 0 Å². The molecule has 2 nitrogen and oxygen atoms in total. The first-order valence-electron chi connectivity index (χ1n) is 3.18. The van der Waals surface area contributed by atoms with E-state index in [2.05, 4.69) is 0 Å². The Labute approximate surface area is 64.2 Å². The van der Waals surface area contributed by atoms with Crippen LogP contribution in [0.25, 0.3) is 0 Å². The number of benzene rings is 1. The molecule has 0 bridgehead atoms. The molecule has 0 amide bonds. The lowest BCUT2D eigenvalue weighted by Gasteiger charge is -2.03. The fraction of sp³-hybridized carbons (Fsp3) is 0.250. The van der Waals surface area contributed by atoms with Crippen molar-refractivity contribution in [2.24, 2.45) is 0 Å². The first-order valence-corrected chi connectivity index (χ1v) is 3.18. The quantitative estimate of drug-likeness (QED) is 0.672. The number of methoxy groups -OCH3 is 1. The van der Waals surface area contributed by atoms with Gasteiger partial charge in [0, 0.05) is 6.07 Å². The summed E-state index contributed by atoms with van der Waals surface area (Å²) in [4.78, 5) is 0. The molecule has 1 aromatic carbocycles. The van der Waals surface area contributed by atoms with Crippen LogP contribution < -0.4 is 4.74 Å². The van der Waals surface area contributed by atoms with Gasteiger partial charge in [-0.15, -0.1) is 0 Å². The van der Waals surface area contributed by atoms with E-state index in [1.807, 2.05) is 0 Å². The van der Waals surface area contributed by atoms with Gasteiger partial charge in [-0.25, -0.2) is 4.39 Å². The smallest absolute Gasteiger partial charge is 0.163 e. The summed E-state index contributed by atoms with van der Waals surface area (Å²) in [5.41, 5.74) is 0.406. The number of phenolic OH excluding ortho intramolecular Hbond substituents is 1. The van der Waals surface area contributed by atoms with Gasteiger partial charge in [-0.2, -0.15) is 0 Å². The Hall–Kier alpha value is -1.25. The molecule has 0 saturated carbocycles. The summed E-state index contributed by atoms with van der Waals surface area (Å²) in [6.07, 6.45) is 0. The van der Waals surface area contributed by atoms with E-state index in [4.69, 9.17) is 9.84 Å². The van der Waals surface area contributed by atoms with E-state index in [9.17, 15) is 4.39 Å². The molecule has 1 aromatic rings. The van der Waals surface area contributed by atoms with Gasteiger partial charge < -0.3 is 9.84 Å². The number of aromatic hydroxyl groups is 1. The monoisotopic (exact) mass is 156 g/mol. The molecule has 0 aliphatic carbocycles. The molecule has 0 saturated heterocycles. The number of hydrogen-bond donors (Lipinski definition) is 1. The maximum absolute atomic E-state index is 12.8. The van der Waals surface area contributed by atoms with Gasteiger partial charge >= 0.3 is 0 Å². The van der Waals surface area contributed by atoms with Gasteiger partial charge in [-0.05, 0) is 18.6 Å². The molecule has 1 N–H and O–H groups in total. The molecule has 0 heterocycles. The van der Waals surface area contributed by atoms with Crippen molar-refractivity contribution in [2.45, 2.75) is 6.92 Å². The van der Waals surface area contributed by atoms with Crippen LogP contribution in [-0.2, 0) is 0 Å². The first kappa shape index (κ1) is 7.85. The summed E-state index contributed by atoms with van der Waals surface area (Å²) in [5, 5.41) is 9.12. The summed E-state index contributed by atoms with van der Waals surface area (Å²) in [7, 11) is 1.38. The number of phenols is 1. The number of rotatable bonds is 1. The molecule has 0 aromatic heterocycles. The van der Waals surface area contributed by atoms with Crippen molar-refractivity contribution in [3.63, 3.8) is 0 Å². The highest BCUT2D eigenvalue weighted by atomic mass is 19.1. The third kappa shape index (κ3) is 1.42. The standard InChI is InChI=1S/C8H9FO2/c1-5-3-7(10)8(11-2)4-6(5)9/h3-4,10H,1-2H3. The zero-order chi connectivity index (χ0) is 8.43. The van der Waals surface area contributed by atoms with E-state index in [0.717, 1.165) is 6.07 Å². The highest BCUT2D eigenvalue weighted by Crippen LogP contribution is 2.27. The lowest BCUT2D eigenvalue weighted by Crippen LogP contribution is -1.87. The maximum atomic E-state index is 12.8. The predicted molar refractivity (Wildman–Crippen MR) is 39.4 cm³/mol. The van der Waals surface area contributed by atoms with Crippen LogP contribution in [0.15, 0.2) is 12.1 Å². The average Bonchev–Trinajstić information content (AvgIpc) is 1.97. The lowest BCUT2D eigenvalue weighted by atomic mass is 10.2. The molecule has 1 rings (SSSR count). The van der Waals surface area contributed by atoms with Crippen LogP contribution in [0.2, 0.25) is 0 Å². The second-order valence-corrected chi connectivity index (χ2v) is 2.27. The molecule has 0 unspecified atom stereocenters. The zero-order valence-electron chi connectivity index (χ0n) is 6.39. The van der Waals surface area contributed by atoms with Crippen molar-refractivity contribution in [1.29, 1.82) is 0 Å². The van der Waals surface area contributed by atoms with Crippen LogP contribution in [0.3, 0.4) is 0 Å². The minimum atomic E-state index is -0.375. The minimum absolute atomic E-state index is 0.0357. The third-order valence-corrected chi connectivity index (χ3v) is 1.46. The zero-order valence-corrected chi connectivity index (χ0v) is 6.39.